The van der Waals surface area contributed by atoms with Crippen molar-refractivity contribution in [2.75, 3.05) is 6.54 Å². The third-order valence-corrected chi connectivity index (χ3v) is 7.79. The molecule has 1 saturated carbocycles. The number of aromatic nitrogens is 2. The lowest BCUT2D eigenvalue weighted by molar-refractivity contribution is 0.157. The van der Waals surface area contributed by atoms with E-state index in [1.807, 2.05) is 10.8 Å². The van der Waals surface area contributed by atoms with Crippen LogP contribution in [0.15, 0.2) is 56.0 Å². The lowest BCUT2D eigenvalue weighted by atomic mass is 9.65. The van der Waals surface area contributed by atoms with Crippen molar-refractivity contribution < 1.29 is 4.52 Å². The quantitative estimate of drug-likeness (QED) is 0.464. The summed E-state index contributed by atoms with van der Waals surface area (Å²) in [6.07, 6.45) is 12.1. The van der Waals surface area contributed by atoms with Crippen LogP contribution in [0.1, 0.15) is 94.3 Å². The molecule has 0 aliphatic heterocycles. The molecular weight excluding hydrogens is 440 g/mol. The normalized spacial score (nSPS) is 20.7. The van der Waals surface area contributed by atoms with E-state index in [0.29, 0.717) is 24.7 Å². The second-order valence-corrected chi connectivity index (χ2v) is 10.2. The number of aryl methyl sites for hydroxylation is 1. The van der Waals surface area contributed by atoms with E-state index in [4.69, 9.17) is 10.3 Å². The Hall–Kier alpha value is -2.80. The molecule has 7 heteroatoms. The number of hydrogen-bond donors (Lipinski definition) is 1. The number of rotatable bonds is 9. The zero-order chi connectivity index (χ0) is 25.0. The Morgan fingerprint density at radius 3 is 2.69 bits per heavy atom. The van der Waals surface area contributed by atoms with E-state index in [1.54, 1.807) is 0 Å². The number of hydrogen-bond acceptors (Lipinski definition) is 6. The van der Waals surface area contributed by atoms with Crippen LogP contribution in [0.4, 0.5) is 0 Å². The van der Waals surface area contributed by atoms with Gasteiger partial charge in [-0.1, -0.05) is 74.2 Å². The van der Waals surface area contributed by atoms with Crippen molar-refractivity contribution in [3.63, 3.8) is 0 Å². The first kappa shape index (κ1) is 25.3. The Kier molecular flexibility index (Phi) is 7.85. The summed E-state index contributed by atoms with van der Waals surface area (Å²) in [7, 11) is 0. The van der Waals surface area contributed by atoms with Crippen molar-refractivity contribution >= 4 is 0 Å². The van der Waals surface area contributed by atoms with Gasteiger partial charge in [0, 0.05) is 0 Å². The monoisotopic (exact) mass is 478 g/mol. The Labute approximate surface area is 207 Å². The molecule has 0 amide bonds. The van der Waals surface area contributed by atoms with Crippen molar-refractivity contribution in [1.29, 1.82) is 0 Å². The Morgan fingerprint density at radius 2 is 2.03 bits per heavy atom. The predicted octanol–water partition coefficient (Wildman–Crippen LogP) is 5.72. The first-order chi connectivity index (χ1) is 16.9. The molecule has 2 N–H and O–H groups in total. The van der Waals surface area contributed by atoms with Crippen molar-refractivity contribution in [3.05, 3.63) is 79.5 Å². The van der Waals surface area contributed by atoms with Crippen LogP contribution in [0.5, 0.6) is 0 Å². The molecule has 1 fully saturated rings. The van der Waals surface area contributed by atoms with Crippen LogP contribution in [0.3, 0.4) is 0 Å². The van der Waals surface area contributed by atoms with Gasteiger partial charge in [0.15, 0.2) is 5.82 Å². The van der Waals surface area contributed by atoms with E-state index in [1.165, 1.54) is 12.0 Å². The Balaban J connectivity index is 2.04. The molecule has 2 atom stereocenters. The SMILES string of the molecule is CCc1cc(CN=O)ccc1C(CCN)(C1=C(C)CC(C)C=C1)c1nc(=O)on1C1CCCCC1. The molecule has 0 bridgehead atoms. The third kappa shape index (κ3) is 4.83. The number of nitrogens with two attached hydrogens (primary N) is 1. The summed E-state index contributed by atoms with van der Waals surface area (Å²) in [5.41, 5.74) is 11.1. The lowest BCUT2D eigenvalue weighted by Crippen LogP contribution is -2.39. The van der Waals surface area contributed by atoms with Crippen molar-refractivity contribution in [1.82, 2.24) is 9.72 Å². The standard InChI is InChI=1S/C28H38N4O3/c1-4-22-17-21(18-30-34)11-13-25(22)28(14-15-29,24-12-10-19(2)16-20(24)3)26-31-27(33)35-32(26)23-8-6-5-7-9-23/h10-13,17,19,23H,4-9,14-16,18,29H2,1-3H3. The average Bonchev–Trinajstić information content (AvgIpc) is 3.25. The topological polar surface area (TPSA) is 103 Å². The van der Waals surface area contributed by atoms with E-state index in [0.717, 1.165) is 60.8 Å². The average molecular weight is 479 g/mol. The van der Waals surface area contributed by atoms with Crippen LogP contribution >= 0.6 is 0 Å². The largest absolute Gasteiger partial charge is 0.459 e. The molecule has 7 nitrogen and oxygen atoms in total. The van der Waals surface area contributed by atoms with E-state index >= 15 is 0 Å². The third-order valence-electron chi connectivity index (χ3n) is 7.79. The molecule has 1 aromatic carbocycles. The van der Waals surface area contributed by atoms with Crippen LogP contribution in [0.2, 0.25) is 0 Å². The van der Waals surface area contributed by atoms with Gasteiger partial charge in [-0.3, -0.25) is 0 Å². The smallest absolute Gasteiger partial charge is 0.330 e. The van der Waals surface area contributed by atoms with Gasteiger partial charge in [-0.05, 0) is 73.8 Å². The van der Waals surface area contributed by atoms with Crippen LogP contribution in [-0.2, 0) is 18.4 Å². The minimum Gasteiger partial charge on any atom is -0.330 e. The highest BCUT2D eigenvalue weighted by atomic mass is 16.5. The van der Waals surface area contributed by atoms with Gasteiger partial charge in [-0.2, -0.15) is 14.6 Å². The summed E-state index contributed by atoms with van der Waals surface area (Å²) in [6.45, 7) is 7.06. The molecule has 0 spiro atoms. The summed E-state index contributed by atoms with van der Waals surface area (Å²) in [5.74, 6) is 0.543. The molecular formula is C28H38N4O3. The summed E-state index contributed by atoms with van der Waals surface area (Å²) < 4.78 is 7.64. The minimum absolute atomic E-state index is 0.113. The van der Waals surface area contributed by atoms with Crippen molar-refractivity contribution in [2.45, 2.75) is 90.1 Å². The van der Waals surface area contributed by atoms with E-state index in [-0.39, 0.29) is 12.6 Å². The molecule has 188 valence electrons. The van der Waals surface area contributed by atoms with Crippen molar-refractivity contribution in [3.8, 4) is 0 Å². The number of nitroso groups, excluding NO2 is 1. The molecule has 0 saturated heterocycles. The second-order valence-electron chi connectivity index (χ2n) is 10.2. The maximum Gasteiger partial charge on any atom is 0.459 e. The first-order valence-electron chi connectivity index (χ1n) is 13.0. The van der Waals surface area contributed by atoms with E-state index < -0.39 is 11.2 Å². The Bertz CT molecular complexity index is 1170. The van der Waals surface area contributed by atoms with Gasteiger partial charge in [0.1, 0.15) is 6.54 Å². The fraction of sp³-hybridized carbons (Fsp3) is 0.571. The van der Waals surface area contributed by atoms with E-state index in [9.17, 15) is 9.70 Å². The zero-order valence-electron chi connectivity index (χ0n) is 21.3. The molecule has 4 rings (SSSR count). The number of benzene rings is 1. The number of nitrogens with zero attached hydrogens (tertiary/aromatic N) is 3. The van der Waals surface area contributed by atoms with Crippen LogP contribution in [-0.4, -0.2) is 16.3 Å². The fourth-order valence-corrected chi connectivity index (χ4v) is 6.21. The van der Waals surface area contributed by atoms with Crippen LogP contribution in [0, 0.1) is 10.8 Å². The highest BCUT2D eigenvalue weighted by molar-refractivity contribution is 5.55. The van der Waals surface area contributed by atoms with Crippen LogP contribution in [0.25, 0.3) is 0 Å². The van der Waals surface area contributed by atoms with Gasteiger partial charge in [-0.15, -0.1) is 0 Å². The minimum atomic E-state index is -0.725. The molecule has 0 radical (unpaired) electrons. The molecule has 2 aliphatic carbocycles. The molecule has 1 heterocycles. The van der Waals surface area contributed by atoms with Crippen LogP contribution < -0.4 is 11.5 Å². The molecule has 2 unspecified atom stereocenters. The summed E-state index contributed by atoms with van der Waals surface area (Å²) in [5, 5.41) is 3.09. The summed E-state index contributed by atoms with van der Waals surface area (Å²) >= 11 is 0. The summed E-state index contributed by atoms with van der Waals surface area (Å²) in [6, 6.07) is 6.24. The maximum atomic E-state index is 12.7. The zero-order valence-corrected chi connectivity index (χ0v) is 21.3. The van der Waals surface area contributed by atoms with Gasteiger partial charge in [0.05, 0.1) is 11.5 Å². The Morgan fingerprint density at radius 1 is 1.26 bits per heavy atom. The molecule has 2 aliphatic rings. The van der Waals surface area contributed by atoms with Gasteiger partial charge >= 0.3 is 5.76 Å². The lowest BCUT2D eigenvalue weighted by Gasteiger charge is -2.40. The number of allylic oxidation sites excluding steroid dienone is 4. The highest BCUT2D eigenvalue weighted by Gasteiger charge is 2.45. The van der Waals surface area contributed by atoms with Gasteiger partial charge < -0.3 is 10.3 Å². The van der Waals surface area contributed by atoms with Gasteiger partial charge in [0.2, 0.25) is 0 Å². The second kappa shape index (κ2) is 10.9. The predicted molar refractivity (Wildman–Crippen MR) is 138 cm³/mol. The molecule has 1 aromatic heterocycles. The maximum absolute atomic E-state index is 12.7. The molecule has 2 aromatic rings. The fourth-order valence-electron chi connectivity index (χ4n) is 6.21. The highest BCUT2D eigenvalue weighted by Crippen LogP contribution is 2.48. The summed E-state index contributed by atoms with van der Waals surface area (Å²) in [4.78, 5) is 28.3. The van der Waals surface area contributed by atoms with Gasteiger partial charge in [0.25, 0.3) is 0 Å². The van der Waals surface area contributed by atoms with Crippen molar-refractivity contribution in [2.24, 2.45) is 16.8 Å². The first-order valence-corrected chi connectivity index (χ1v) is 13.0. The van der Waals surface area contributed by atoms with E-state index in [2.05, 4.69) is 55.2 Å². The van der Waals surface area contributed by atoms with Gasteiger partial charge in [-0.25, -0.2) is 4.79 Å². The molecule has 35 heavy (non-hydrogen) atoms.